The lowest BCUT2D eigenvalue weighted by atomic mass is 10.1. The maximum absolute atomic E-state index is 11.9. The second-order valence-corrected chi connectivity index (χ2v) is 4.24. The lowest BCUT2D eigenvalue weighted by molar-refractivity contribution is -0.137. The van der Waals surface area contributed by atoms with Gasteiger partial charge in [0.2, 0.25) is 11.8 Å². The van der Waals surface area contributed by atoms with Crippen molar-refractivity contribution in [3.05, 3.63) is 0 Å². The Balaban J connectivity index is 2.43. The van der Waals surface area contributed by atoms with Gasteiger partial charge in [0, 0.05) is 13.1 Å². The molecule has 0 aromatic heterocycles. The largest absolute Gasteiger partial charge is 0.480 e. The number of rotatable bonds is 5. The van der Waals surface area contributed by atoms with E-state index in [-0.39, 0.29) is 12.5 Å². The van der Waals surface area contributed by atoms with Crippen molar-refractivity contribution >= 4 is 23.8 Å². The van der Waals surface area contributed by atoms with Gasteiger partial charge in [0.05, 0.1) is 6.54 Å². The lowest BCUT2D eigenvalue weighted by Gasteiger charge is -2.34. The molecular formula is C11H18N4O5. The predicted octanol–water partition coefficient (Wildman–Crippen LogP) is -1.89. The van der Waals surface area contributed by atoms with Crippen molar-refractivity contribution in [3.63, 3.8) is 0 Å². The first-order chi connectivity index (χ1) is 9.45. The van der Waals surface area contributed by atoms with Crippen molar-refractivity contribution in [1.82, 2.24) is 20.9 Å². The van der Waals surface area contributed by atoms with Gasteiger partial charge in [-0.1, -0.05) is 6.92 Å². The summed E-state index contributed by atoms with van der Waals surface area (Å²) in [5.41, 5.74) is 0. The molecule has 1 atom stereocenters. The Morgan fingerprint density at radius 1 is 1.35 bits per heavy atom. The average Bonchev–Trinajstić information content (AvgIpc) is 2.42. The van der Waals surface area contributed by atoms with Crippen molar-refractivity contribution in [3.8, 4) is 0 Å². The summed E-state index contributed by atoms with van der Waals surface area (Å²) in [6, 6.07) is -1.07. The number of aliphatic carboxylic acids is 1. The van der Waals surface area contributed by atoms with Gasteiger partial charge >= 0.3 is 12.0 Å². The molecule has 0 aromatic carbocycles. The fourth-order valence-electron chi connectivity index (χ4n) is 1.86. The van der Waals surface area contributed by atoms with E-state index < -0.39 is 30.5 Å². The van der Waals surface area contributed by atoms with Gasteiger partial charge < -0.3 is 26.0 Å². The van der Waals surface area contributed by atoms with Crippen LogP contribution in [0.4, 0.5) is 4.79 Å². The van der Waals surface area contributed by atoms with E-state index in [2.05, 4.69) is 16.0 Å². The van der Waals surface area contributed by atoms with Gasteiger partial charge in [0.1, 0.15) is 12.6 Å². The molecule has 4 N–H and O–H groups in total. The molecule has 0 saturated carbocycles. The van der Waals surface area contributed by atoms with Gasteiger partial charge in [-0.15, -0.1) is 0 Å². The molecule has 1 aliphatic heterocycles. The second-order valence-electron chi connectivity index (χ2n) is 4.24. The van der Waals surface area contributed by atoms with Gasteiger partial charge in [-0.05, 0) is 6.42 Å². The summed E-state index contributed by atoms with van der Waals surface area (Å²) >= 11 is 0. The number of urea groups is 1. The predicted molar refractivity (Wildman–Crippen MR) is 67.8 cm³/mol. The van der Waals surface area contributed by atoms with Crippen LogP contribution in [0.1, 0.15) is 13.3 Å². The SMILES string of the molecule is CCC1C(=O)NCCN1C(=O)NCC(=O)NCC(=O)O. The van der Waals surface area contributed by atoms with Crippen LogP contribution in [-0.4, -0.2) is 66.0 Å². The summed E-state index contributed by atoms with van der Waals surface area (Å²) < 4.78 is 0. The summed E-state index contributed by atoms with van der Waals surface area (Å²) in [4.78, 5) is 46.4. The van der Waals surface area contributed by atoms with E-state index >= 15 is 0 Å². The maximum Gasteiger partial charge on any atom is 0.322 e. The third kappa shape index (κ3) is 4.41. The first-order valence-electron chi connectivity index (χ1n) is 6.26. The Kier molecular flexibility index (Phi) is 5.75. The fraction of sp³-hybridized carbons (Fsp3) is 0.636. The number of hydrogen-bond acceptors (Lipinski definition) is 4. The number of nitrogens with one attached hydrogen (secondary N) is 3. The molecule has 1 heterocycles. The van der Waals surface area contributed by atoms with Crippen molar-refractivity contribution in [2.75, 3.05) is 26.2 Å². The van der Waals surface area contributed by atoms with Crippen LogP contribution in [0.15, 0.2) is 0 Å². The number of carboxylic acid groups (broad SMARTS) is 1. The van der Waals surface area contributed by atoms with Crippen LogP contribution in [-0.2, 0) is 14.4 Å². The highest BCUT2D eigenvalue weighted by molar-refractivity contribution is 5.90. The Labute approximate surface area is 115 Å². The molecule has 0 aromatic rings. The van der Waals surface area contributed by atoms with Gasteiger partial charge in [-0.25, -0.2) is 4.79 Å². The third-order valence-corrected chi connectivity index (χ3v) is 2.82. The van der Waals surface area contributed by atoms with Crippen molar-refractivity contribution < 1.29 is 24.3 Å². The van der Waals surface area contributed by atoms with Gasteiger partial charge in [-0.3, -0.25) is 14.4 Å². The van der Waals surface area contributed by atoms with Crippen molar-refractivity contribution in [2.24, 2.45) is 0 Å². The van der Waals surface area contributed by atoms with E-state index in [1.165, 1.54) is 4.90 Å². The third-order valence-electron chi connectivity index (χ3n) is 2.82. The second kappa shape index (κ2) is 7.31. The average molecular weight is 286 g/mol. The van der Waals surface area contributed by atoms with Crippen LogP contribution in [0.3, 0.4) is 0 Å². The molecule has 0 radical (unpaired) electrons. The minimum absolute atomic E-state index is 0.218. The molecule has 4 amide bonds. The van der Waals surface area contributed by atoms with Gasteiger partial charge in [-0.2, -0.15) is 0 Å². The first-order valence-corrected chi connectivity index (χ1v) is 6.26. The smallest absolute Gasteiger partial charge is 0.322 e. The van der Waals surface area contributed by atoms with E-state index in [1.54, 1.807) is 6.92 Å². The topological polar surface area (TPSA) is 128 Å². The number of carbonyl (C=O) groups is 4. The minimum atomic E-state index is -1.16. The summed E-state index contributed by atoms with van der Waals surface area (Å²) in [5.74, 6) is -1.98. The van der Waals surface area contributed by atoms with Gasteiger partial charge in [0.15, 0.2) is 0 Å². The zero-order chi connectivity index (χ0) is 15.1. The molecule has 9 nitrogen and oxygen atoms in total. The van der Waals surface area contributed by atoms with E-state index in [9.17, 15) is 19.2 Å². The Hall–Kier alpha value is -2.32. The van der Waals surface area contributed by atoms with Crippen LogP contribution >= 0.6 is 0 Å². The standard InChI is InChI=1S/C11H18N4O5/c1-2-7-10(19)12-3-4-15(7)11(20)14-5-8(16)13-6-9(17)18/h7H,2-6H2,1H3,(H,12,19)(H,13,16)(H,14,20)(H,17,18). The lowest BCUT2D eigenvalue weighted by Crippen LogP contribution is -2.59. The van der Waals surface area contributed by atoms with E-state index in [0.29, 0.717) is 19.5 Å². The number of carboxylic acids is 1. The summed E-state index contributed by atoms with van der Waals surface area (Å²) in [5, 5.41) is 15.5. The molecule has 0 spiro atoms. The fourth-order valence-corrected chi connectivity index (χ4v) is 1.86. The molecule has 0 bridgehead atoms. The van der Waals surface area contributed by atoms with Gasteiger partial charge in [0.25, 0.3) is 0 Å². The van der Waals surface area contributed by atoms with E-state index in [4.69, 9.17) is 5.11 Å². The molecule has 1 saturated heterocycles. The monoisotopic (exact) mass is 286 g/mol. The molecule has 1 aliphatic rings. The van der Waals surface area contributed by atoms with Crippen molar-refractivity contribution in [1.29, 1.82) is 0 Å². The number of piperazine rings is 1. The summed E-state index contributed by atoms with van der Waals surface area (Å²) in [7, 11) is 0. The molecule has 0 aliphatic carbocycles. The molecule has 1 unspecified atom stereocenters. The van der Waals surface area contributed by atoms with Crippen LogP contribution in [0.25, 0.3) is 0 Å². The zero-order valence-electron chi connectivity index (χ0n) is 11.1. The Bertz CT molecular complexity index is 412. The highest BCUT2D eigenvalue weighted by Crippen LogP contribution is 2.08. The molecule has 1 rings (SSSR count). The zero-order valence-corrected chi connectivity index (χ0v) is 11.1. The number of hydrogen-bond donors (Lipinski definition) is 4. The highest BCUT2D eigenvalue weighted by Gasteiger charge is 2.31. The van der Waals surface area contributed by atoms with Crippen molar-refractivity contribution in [2.45, 2.75) is 19.4 Å². The Morgan fingerprint density at radius 2 is 2.05 bits per heavy atom. The van der Waals surface area contributed by atoms with E-state index in [1.807, 2.05) is 0 Å². The van der Waals surface area contributed by atoms with Crippen LogP contribution in [0.2, 0.25) is 0 Å². The first kappa shape index (κ1) is 15.7. The molecule has 1 fully saturated rings. The molecular weight excluding hydrogens is 268 g/mol. The molecule has 9 heteroatoms. The molecule has 112 valence electrons. The maximum atomic E-state index is 11.9. The normalized spacial score (nSPS) is 18.1. The number of carbonyl (C=O) groups excluding carboxylic acids is 3. The molecule has 20 heavy (non-hydrogen) atoms. The highest BCUT2D eigenvalue weighted by atomic mass is 16.4. The number of amides is 4. The van der Waals surface area contributed by atoms with Crippen LogP contribution in [0, 0.1) is 0 Å². The summed E-state index contributed by atoms with van der Waals surface area (Å²) in [6.07, 6.45) is 0.477. The summed E-state index contributed by atoms with van der Waals surface area (Å²) in [6.45, 7) is 1.69. The minimum Gasteiger partial charge on any atom is -0.480 e. The van der Waals surface area contributed by atoms with Crippen LogP contribution in [0.5, 0.6) is 0 Å². The van der Waals surface area contributed by atoms with Crippen LogP contribution < -0.4 is 16.0 Å². The Morgan fingerprint density at radius 3 is 2.65 bits per heavy atom. The quantitative estimate of drug-likeness (QED) is 0.469. The van der Waals surface area contributed by atoms with E-state index in [0.717, 1.165) is 0 Å². The number of nitrogens with zero attached hydrogens (tertiary/aromatic N) is 1.